The minimum atomic E-state index is 0.120. The van der Waals surface area contributed by atoms with Crippen molar-refractivity contribution in [3.63, 3.8) is 0 Å². The van der Waals surface area contributed by atoms with Crippen LogP contribution in [0.5, 0.6) is 0 Å². The monoisotopic (exact) mass is 188 g/mol. The Morgan fingerprint density at radius 1 is 1.21 bits per heavy atom. The van der Waals surface area contributed by atoms with E-state index in [0.717, 1.165) is 0 Å². The van der Waals surface area contributed by atoms with E-state index in [2.05, 4.69) is 43.1 Å². The summed E-state index contributed by atoms with van der Waals surface area (Å²) in [6.45, 7) is 4.30. The molecule has 1 heterocycles. The molecule has 0 aliphatic heterocycles. The topological polar surface area (TPSA) is 41.8 Å². The summed E-state index contributed by atoms with van der Waals surface area (Å²) in [5, 5.41) is 1.24. The van der Waals surface area contributed by atoms with Crippen LogP contribution in [0.3, 0.4) is 0 Å². The lowest BCUT2D eigenvalue weighted by atomic mass is 9.94. The number of rotatable bonds is 2. The fourth-order valence-electron chi connectivity index (χ4n) is 1.76. The van der Waals surface area contributed by atoms with Crippen molar-refractivity contribution in [1.82, 2.24) is 4.98 Å². The van der Waals surface area contributed by atoms with E-state index in [1.54, 1.807) is 0 Å². The zero-order chi connectivity index (χ0) is 10.1. The van der Waals surface area contributed by atoms with Gasteiger partial charge in [0.1, 0.15) is 0 Å². The lowest BCUT2D eigenvalue weighted by Crippen LogP contribution is -2.16. The van der Waals surface area contributed by atoms with Crippen LogP contribution >= 0.6 is 0 Å². The number of aromatic amines is 1. The van der Waals surface area contributed by atoms with Gasteiger partial charge in [-0.05, 0) is 23.6 Å². The molecule has 2 nitrogen and oxygen atoms in total. The largest absolute Gasteiger partial charge is 0.361 e. The van der Waals surface area contributed by atoms with Gasteiger partial charge in [0.15, 0.2) is 0 Å². The zero-order valence-corrected chi connectivity index (χ0v) is 8.62. The molecule has 0 spiro atoms. The highest BCUT2D eigenvalue weighted by atomic mass is 14.7. The van der Waals surface area contributed by atoms with Crippen LogP contribution in [-0.4, -0.2) is 4.98 Å². The van der Waals surface area contributed by atoms with Gasteiger partial charge in [-0.1, -0.05) is 26.0 Å². The first-order chi connectivity index (χ1) is 6.70. The predicted octanol–water partition coefficient (Wildman–Crippen LogP) is 2.82. The van der Waals surface area contributed by atoms with E-state index in [1.807, 2.05) is 6.20 Å². The van der Waals surface area contributed by atoms with Gasteiger partial charge in [-0.15, -0.1) is 0 Å². The maximum absolute atomic E-state index is 6.15. The first-order valence-electron chi connectivity index (χ1n) is 5.01. The van der Waals surface area contributed by atoms with E-state index < -0.39 is 0 Å². The summed E-state index contributed by atoms with van der Waals surface area (Å²) in [6.07, 6.45) is 1.96. The Morgan fingerprint density at radius 3 is 2.71 bits per heavy atom. The number of aromatic nitrogens is 1. The van der Waals surface area contributed by atoms with Gasteiger partial charge in [-0.3, -0.25) is 0 Å². The van der Waals surface area contributed by atoms with Gasteiger partial charge in [0.05, 0.1) is 0 Å². The third kappa shape index (κ3) is 1.42. The van der Waals surface area contributed by atoms with Crippen molar-refractivity contribution in [3.05, 3.63) is 36.0 Å². The third-order valence-electron chi connectivity index (χ3n) is 2.71. The highest BCUT2D eigenvalue weighted by molar-refractivity contribution is 5.83. The molecule has 2 rings (SSSR count). The molecule has 1 atom stereocenters. The average Bonchev–Trinajstić information content (AvgIpc) is 2.63. The fourth-order valence-corrected chi connectivity index (χ4v) is 1.76. The summed E-state index contributed by atoms with van der Waals surface area (Å²) in [5.74, 6) is 0.468. The van der Waals surface area contributed by atoms with Crippen LogP contribution < -0.4 is 5.73 Å². The number of nitrogens with one attached hydrogen (secondary N) is 1. The van der Waals surface area contributed by atoms with Gasteiger partial charge < -0.3 is 10.7 Å². The normalized spacial score (nSPS) is 13.7. The number of hydrogen-bond acceptors (Lipinski definition) is 1. The molecule has 1 aromatic carbocycles. The Kier molecular flexibility index (Phi) is 2.30. The predicted molar refractivity (Wildman–Crippen MR) is 60.1 cm³/mol. The first-order valence-corrected chi connectivity index (χ1v) is 5.01. The Balaban J connectivity index is 2.56. The zero-order valence-electron chi connectivity index (χ0n) is 8.62. The highest BCUT2D eigenvalue weighted by Gasteiger charge is 2.13. The smallest absolute Gasteiger partial charge is 0.0457 e. The van der Waals surface area contributed by atoms with Crippen LogP contribution in [0, 0.1) is 5.92 Å². The molecule has 2 aromatic rings. The number of benzene rings is 1. The summed E-state index contributed by atoms with van der Waals surface area (Å²) in [7, 11) is 0. The molecule has 2 heteroatoms. The van der Waals surface area contributed by atoms with Crippen LogP contribution in [-0.2, 0) is 0 Å². The van der Waals surface area contributed by atoms with Gasteiger partial charge in [0.2, 0.25) is 0 Å². The molecule has 0 aliphatic rings. The van der Waals surface area contributed by atoms with Gasteiger partial charge in [-0.25, -0.2) is 0 Å². The van der Waals surface area contributed by atoms with Crippen molar-refractivity contribution in [2.45, 2.75) is 19.9 Å². The molecule has 14 heavy (non-hydrogen) atoms. The first kappa shape index (κ1) is 9.28. The van der Waals surface area contributed by atoms with E-state index in [4.69, 9.17) is 5.73 Å². The van der Waals surface area contributed by atoms with Crippen LogP contribution in [0.2, 0.25) is 0 Å². The third-order valence-corrected chi connectivity index (χ3v) is 2.71. The summed E-state index contributed by atoms with van der Waals surface area (Å²) < 4.78 is 0. The van der Waals surface area contributed by atoms with Crippen LogP contribution in [0.25, 0.3) is 10.9 Å². The molecular weight excluding hydrogens is 172 g/mol. The lowest BCUT2D eigenvalue weighted by molar-refractivity contribution is 0.517. The van der Waals surface area contributed by atoms with Crippen molar-refractivity contribution in [2.75, 3.05) is 0 Å². The van der Waals surface area contributed by atoms with E-state index in [1.165, 1.54) is 16.5 Å². The molecule has 1 aromatic heterocycles. The van der Waals surface area contributed by atoms with Crippen molar-refractivity contribution < 1.29 is 0 Å². The van der Waals surface area contributed by atoms with E-state index in [0.29, 0.717) is 5.92 Å². The van der Waals surface area contributed by atoms with Gasteiger partial charge in [-0.2, -0.15) is 0 Å². The summed E-state index contributed by atoms with van der Waals surface area (Å²) in [5.41, 5.74) is 8.55. The molecular formula is C12H16N2. The number of fused-ring (bicyclic) bond motifs is 1. The second-order valence-electron chi connectivity index (χ2n) is 4.06. The highest BCUT2D eigenvalue weighted by Crippen LogP contribution is 2.26. The Bertz CT molecular complexity index is 429. The molecule has 0 saturated heterocycles. The van der Waals surface area contributed by atoms with Gasteiger partial charge in [0, 0.05) is 23.1 Å². The van der Waals surface area contributed by atoms with Crippen molar-refractivity contribution in [1.29, 1.82) is 0 Å². The molecule has 3 N–H and O–H groups in total. The fraction of sp³-hybridized carbons (Fsp3) is 0.333. The quantitative estimate of drug-likeness (QED) is 0.747. The van der Waals surface area contributed by atoms with Crippen LogP contribution in [0.4, 0.5) is 0 Å². The Morgan fingerprint density at radius 2 is 2.00 bits per heavy atom. The molecule has 0 radical (unpaired) electrons. The molecule has 0 bridgehead atoms. The SMILES string of the molecule is CC(C)[C@H](N)c1cccc2[nH]ccc12. The maximum Gasteiger partial charge on any atom is 0.0457 e. The number of hydrogen-bond donors (Lipinski definition) is 2. The van der Waals surface area contributed by atoms with Crippen molar-refractivity contribution in [2.24, 2.45) is 11.7 Å². The summed E-state index contributed by atoms with van der Waals surface area (Å²) >= 11 is 0. The average molecular weight is 188 g/mol. The molecule has 74 valence electrons. The second-order valence-corrected chi connectivity index (χ2v) is 4.06. The van der Waals surface area contributed by atoms with Gasteiger partial charge in [0.25, 0.3) is 0 Å². The second kappa shape index (κ2) is 3.46. The van der Waals surface area contributed by atoms with E-state index in [9.17, 15) is 0 Å². The molecule has 0 saturated carbocycles. The lowest BCUT2D eigenvalue weighted by Gasteiger charge is -2.16. The van der Waals surface area contributed by atoms with E-state index in [-0.39, 0.29) is 6.04 Å². The number of H-pyrrole nitrogens is 1. The van der Waals surface area contributed by atoms with Gasteiger partial charge >= 0.3 is 0 Å². The Labute approximate surface area is 84.1 Å². The Hall–Kier alpha value is -1.28. The standard InChI is InChI=1S/C12H16N2/c1-8(2)12(13)10-4-3-5-11-9(10)6-7-14-11/h3-8,12,14H,13H2,1-2H3/t12-/m0/s1. The molecule has 0 aliphatic carbocycles. The molecule has 0 fully saturated rings. The van der Waals surface area contributed by atoms with Crippen LogP contribution in [0.15, 0.2) is 30.5 Å². The van der Waals surface area contributed by atoms with E-state index >= 15 is 0 Å². The number of nitrogens with two attached hydrogens (primary N) is 1. The van der Waals surface area contributed by atoms with Crippen LogP contribution in [0.1, 0.15) is 25.5 Å². The minimum Gasteiger partial charge on any atom is -0.361 e. The maximum atomic E-state index is 6.15. The van der Waals surface area contributed by atoms with Crippen molar-refractivity contribution >= 4 is 10.9 Å². The van der Waals surface area contributed by atoms with Crippen molar-refractivity contribution in [3.8, 4) is 0 Å². The molecule has 0 amide bonds. The summed E-state index contributed by atoms with van der Waals surface area (Å²) in [6, 6.07) is 8.45. The summed E-state index contributed by atoms with van der Waals surface area (Å²) in [4.78, 5) is 3.20. The minimum absolute atomic E-state index is 0.120. The molecule has 0 unspecified atom stereocenters.